The fraction of sp³-hybridized carbons (Fsp3) is 0.0476. The zero-order valence-corrected chi connectivity index (χ0v) is 16.2. The summed E-state index contributed by atoms with van der Waals surface area (Å²) in [5.41, 5.74) is 1.60. The van der Waals surface area contributed by atoms with Gasteiger partial charge in [0.05, 0.1) is 23.0 Å². The van der Waals surface area contributed by atoms with Crippen LogP contribution in [0.4, 0.5) is 15.9 Å². The minimum atomic E-state index is -4.04. The van der Waals surface area contributed by atoms with Crippen LogP contribution in [0.25, 0.3) is 11.0 Å². The second-order valence-electron chi connectivity index (χ2n) is 6.18. The van der Waals surface area contributed by atoms with E-state index in [0.29, 0.717) is 22.5 Å². The number of halogens is 1. The summed E-state index contributed by atoms with van der Waals surface area (Å²) in [5.74, 6) is 0.225. The molecule has 0 saturated carbocycles. The number of nitrogens with one attached hydrogen (secondary N) is 1. The third-order valence-electron chi connectivity index (χ3n) is 4.27. The lowest BCUT2D eigenvalue weighted by atomic mass is 10.3. The lowest BCUT2D eigenvalue weighted by molar-refractivity contribution is 0.415. The molecule has 3 aromatic carbocycles. The standard InChI is InChI=1S/C21H16FN3O3S/c1-28-16-10-8-15(9-11-16)23-20-21(25-19-5-3-2-4-18(19)24-20)29(26,27)17-12-6-14(22)7-13-17/h2-13H,1H3,(H,23,24). The van der Waals surface area contributed by atoms with Gasteiger partial charge in [-0.2, -0.15) is 0 Å². The zero-order chi connectivity index (χ0) is 20.4. The second-order valence-corrected chi connectivity index (χ2v) is 8.04. The monoisotopic (exact) mass is 409 g/mol. The Morgan fingerprint density at radius 3 is 2.10 bits per heavy atom. The molecule has 0 spiro atoms. The molecule has 0 radical (unpaired) electrons. The summed E-state index contributed by atoms with van der Waals surface area (Å²) >= 11 is 0. The number of anilines is 2. The van der Waals surface area contributed by atoms with Gasteiger partial charge in [-0.1, -0.05) is 12.1 Å². The molecule has 0 aliphatic carbocycles. The number of sulfone groups is 1. The third-order valence-corrected chi connectivity index (χ3v) is 5.96. The Morgan fingerprint density at radius 2 is 1.48 bits per heavy atom. The van der Waals surface area contributed by atoms with E-state index in [0.717, 1.165) is 12.1 Å². The average molecular weight is 409 g/mol. The molecule has 1 heterocycles. The van der Waals surface area contributed by atoms with Crippen molar-refractivity contribution in [1.29, 1.82) is 0 Å². The Hall–Kier alpha value is -3.52. The first-order chi connectivity index (χ1) is 14.0. The number of aromatic nitrogens is 2. The number of fused-ring (bicyclic) bond motifs is 1. The van der Waals surface area contributed by atoms with E-state index >= 15 is 0 Å². The van der Waals surface area contributed by atoms with Gasteiger partial charge in [-0.15, -0.1) is 0 Å². The van der Waals surface area contributed by atoms with Gasteiger partial charge in [0.1, 0.15) is 11.6 Å². The van der Waals surface area contributed by atoms with Crippen molar-refractivity contribution >= 4 is 32.4 Å². The van der Waals surface area contributed by atoms with Crippen LogP contribution in [-0.4, -0.2) is 25.5 Å². The first kappa shape index (κ1) is 18.8. The number of nitrogens with zero attached hydrogens (tertiary/aromatic N) is 2. The van der Waals surface area contributed by atoms with Crippen LogP contribution in [-0.2, 0) is 9.84 Å². The van der Waals surface area contributed by atoms with Gasteiger partial charge in [-0.3, -0.25) is 0 Å². The molecule has 0 saturated heterocycles. The number of rotatable bonds is 5. The summed E-state index contributed by atoms with van der Waals surface area (Å²) in [7, 11) is -2.48. The van der Waals surface area contributed by atoms with E-state index in [-0.39, 0.29) is 15.7 Å². The van der Waals surface area contributed by atoms with Crippen molar-refractivity contribution in [3.05, 3.63) is 78.6 Å². The Kier molecular flexibility index (Phi) is 4.85. The minimum Gasteiger partial charge on any atom is -0.497 e. The van der Waals surface area contributed by atoms with Crippen molar-refractivity contribution in [1.82, 2.24) is 9.97 Å². The molecule has 146 valence electrons. The van der Waals surface area contributed by atoms with E-state index in [1.807, 2.05) is 0 Å². The van der Waals surface area contributed by atoms with Crippen LogP contribution in [0.15, 0.2) is 82.7 Å². The predicted molar refractivity (Wildman–Crippen MR) is 108 cm³/mol. The highest BCUT2D eigenvalue weighted by molar-refractivity contribution is 7.91. The van der Waals surface area contributed by atoms with Crippen LogP contribution >= 0.6 is 0 Å². The van der Waals surface area contributed by atoms with Crippen LogP contribution in [0.1, 0.15) is 0 Å². The second kappa shape index (κ2) is 7.48. The fourth-order valence-corrected chi connectivity index (χ4v) is 4.08. The molecule has 1 aromatic heterocycles. The van der Waals surface area contributed by atoms with E-state index < -0.39 is 15.7 Å². The van der Waals surface area contributed by atoms with E-state index in [2.05, 4.69) is 15.3 Å². The lowest BCUT2D eigenvalue weighted by Crippen LogP contribution is -2.10. The summed E-state index contributed by atoms with van der Waals surface area (Å²) in [5, 5.41) is 2.78. The Balaban J connectivity index is 1.86. The van der Waals surface area contributed by atoms with Gasteiger partial charge in [0, 0.05) is 5.69 Å². The Morgan fingerprint density at radius 1 is 0.862 bits per heavy atom. The summed E-state index contributed by atoms with van der Waals surface area (Å²) in [6.45, 7) is 0. The highest BCUT2D eigenvalue weighted by Crippen LogP contribution is 2.29. The zero-order valence-electron chi connectivity index (χ0n) is 15.3. The first-order valence-corrected chi connectivity index (χ1v) is 10.1. The van der Waals surface area contributed by atoms with Crippen molar-refractivity contribution in [2.24, 2.45) is 0 Å². The maximum Gasteiger partial charge on any atom is 0.227 e. The van der Waals surface area contributed by atoms with E-state index in [9.17, 15) is 12.8 Å². The van der Waals surface area contributed by atoms with Gasteiger partial charge in [0.25, 0.3) is 0 Å². The number of para-hydroxylation sites is 2. The van der Waals surface area contributed by atoms with Gasteiger partial charge in [0.15, 0.2) is 5.82 Å². The molecule has 0 amide bonds. The Labute approximate surface area is 166 Å². The van der Waals surface area contributed by atoms with E-state index in [4.69, 9.17) is 4.74 Å². The Bertz CT molecular complexity index is 1280. The van der Waals surface area contributed by atoms with Crippen LogP contribution in [0, 0.1) is 5.82 Å². The number of benzene rings is 3. The topological polar surface area (TPSA) is 81.2 Å². The highest BCUT2D eigenvalue weighted by atomic mass is 32.2. The van der Waals surface area contributed by atoms with Crippen LogP contribution in [0.5, 0.6) is 5.75 Å². The van der Waals surface area contributed by atoms with Crippen molar-refractivity contribution in [3.8, 4) is 5.75 Å². The van der Waals surface area contributed by atoms with Crippen LogP contribution in [0.3, 0.4) is 0 Å². The lowest BCUT2D eigenvalue weighted by Gasteiger charge is -2.13. The molecular formula is C21H16FN3O3S. The molecular weight excluding hydrogens is 393 g/mol. The molecule has 0 atom stereocenters. The molecule has 1 N–H and O–H groups in total. The van der Waals surface area contributed by atoms with Crippen molar-refractivity contribution in [2.75, 3.05) is 12.4 Å². The summed E-state index contributed by atoms with van der Waals surface area (Å²) in [6, 6.07) is 18.5. The molecule has 29 heavy (non-hydrogen) atoms. The molecule has 4 rings (SSSR count). The first-order valence-electron chi connectivity index (χ1n) is 8.66. The molecule has 0 aliphatic rings. The number of hydrogen-bond acceptors (Lipinski definition) is 6. The maximum atomic E-state index is 13.3. The van der Waals surface area contributed by atoms with Gasteiger partial charge >= 0.3 is 0 Å². The van der Waals surface area contributed by atoms with Crippen molar-refractivity contribution in [3.63, 3.8) is 0 Å². The van der Waals surface area contributed by atoms with Gasteiger partial charge in [0.2, 0.25) is 14.9 Å². The van der Waals surface area contributed by atoms with Crippen LogP contribution in [0.2, 0.25) is 0 Å². The van der Waals surface area contributed by atoms with E-state index in [1.165, 1.54) is 12.1 Å². The molecule has 0 unspecified atom stereocenters. The highest BCUT2D eigenvalue weighted by Gasteiger charge is 2.25. The molecule has 8 heteroatoms. The molecule has 6 nitrogen and oxygen atoms in total. The number of methoxy groups -OCH3 is 1. The van der Waals surface area contributed by atoms with Gasteiger partial charge in [-0.05, 0) is 60.7 Å². The van der Waals surface area contributed by atoms with Crippen molar-refractivity contribution < 1.29 is 17.5 Å². The number of hydrogen-bond donors (Lipinski definition) is 1. The van der Waals surface area contributed by atoms with Crippen molar-refractivity contribution in [2.45, 2.75) is 9.92 Å². The largest absolute Gasteiger partial charge is 0.497 e. The smallest absolute Gasteiger partial charge is 0.227 e. The minimum absolute atomic E-state index is 0.0683. The molecule has 0 bridgehead atoms. The maximum absolute atomic E-state index is 13.3. The van der Waals surface area contributed by atoms with Gasteiger partial charge in [-0.25, -0.2) is 22.8 Å². The number of ether oxygens (including phenoxy) is 1. The summed E-state index contributed by atoms with van der Waals surface area (Å²) in [4.78, 5) is 8.74. The quantitative estimate of drug-likeness (QED) is 0.494. The summed E-state index contributed by atoms with van der Waals surface area (Å²) < 4.78 is 44.8. The third kappa shape index (κ3) is 3.74. The normalized spacial score (nSPS) is 11.4. The average Bonchev–Trinajstić information content (AvgIpc) is 2.74. The predicted octanol–water partition coefficient (Wildman–Crippen LogP) is 4.35. The molecule has 0 fully saturated rings. The van der Waals surface area contributed by atoms with Gasteiger partial charge < -0.3 is 10.1 Å². The molecule has 4 aromatic rings. The van der Waals surface area contributed by atoms with E-state index in [1.54, 1.807) is 55.6 Å². The SMILES string of the molecule is COc1ccc(Nc2nc3ccccc3nc2S(=O)(=O)c2ccc(F)cc2)cc1. The summed E-state index contributed by atoms with van der Waals surface area (Å²) in [6.07, 6.45) is 0. The van der Waals surface area contributed by atoms with Crippen LogP contribution < -0.4 is 10.1 Å². The molecule has 0 aliphatic heterocycles. The fourth-order valence-electron chi connectivity index (χ4n) is 2.79.